The first-order valence-electron chi connectivity index (χ1n) is 5.70. The number of hydrogen-bond acceptors (Lipinski definition) is 5. The molecule has 0 unspecified atom stereocenters. The molecule has 1 aromatic rings. The number of nitrogen functional groups attached to an aromatic ring is 1. The number of amides is 1. The van der Waals surface area contributed by atoms with Crippen LogP contribution in [0.5, 0.6) is 0 Å². The molecule has 0 saturated carbocycles. The number of aromatic nitrogens is 1. The van der Waals surface area contributed by atoms with Crippen molar-refractivity contribution >= 4 is 17.4 Å². The molecule has 100 valence electrons. The van der Waals surface area contributed by atoms with Crippen molar-refractivity contribution in [3.8, 4) is 0 Å². The Morgan fingerprint density at radius 1 is 1.50 bits per heavy atom. The van der Waals surface area contributed by atoms with Gasteiger partial charge in [-0.3, -0.25) is 4.79 Å². The molecule has 1 amide bonds. The average molecular weight is 251 g/mol. The fraction of sp³-hybridized carbons (Fsp3) is 0.500. The highest BCUT2D eigenvalue weighted by Crippen LogP contribution is 2.17. The zero-order chi connectivity index (χ0) is 13.9. The highest BCUT2D eigenvalue weighted by atomic mass is 16.1. The Labute approximate surface area is 107 Å². The summed E-state index contributed by atoms with van der Waals surface area (Å²) in [4.78, 5) is 17.5. The van der Waals surface area contributed by atoms with Gasteiger partial charge in [-0.25, -0.2) is 4.98 Å². The molecule has 5 N–H and O–H groups in total. The van der Waals surface area contributed by atoms with Crippen molar-refractivity contribution in [2.45, 2.75) is 19.4 Å². The predicted molar refractivity (Wildman–Crippen MR) is 73.4 cm³/mol. The maximum absolute atomic E-state index is 11.3. The number of anilines is 2. The van der Waals surface area contributed by atoms with Gasteiger partial charge in [0.2, 0.25) is 0 Å². The van der Waals surface area contributed by atoms with Crippen LogP contribution in [-0.2, 0) is 0 Å². The summed E-state index contributed by atoms with van der Waals surface area (Å²) in [6.07, 6.45) is 1.50. The van der Waals surface area contributed by atoms with E-state index in [0.717, 1.165) is 0 Å². The third-order valence-electron chi connectivity index (χ3n) is 3.07. The summed E-state index contributed by atoms with van der Waals surface area (Å²) < 4.78 is 0. The molecule has 0 spiro atoms. The number of nitrogens with one attached hydrogen (secondary N) is 1. The number of pyridine rings is 1. The van der Waals surface area contributed by atoms with Crippen LogP contribution in [0, 0.1) is 0 Å². The van der Waals surface area contributed by atoms with Gasteiger partial charge in [0.05, 0.1) is 17.4 Å². The van der Waals surface area contributed by atoms with Gasteiger partial charge in [0, 0.05) is 12.1 Å². The van der Waals surface area contributed by atoms with Crippen molar-refractivity contribution in [1.82, 2.24) is 9.88 Å². The standard InChI is InChI=1S/C12H21N5O/c1-12(2,17(3)4)7-16-11-9(10(14)18)5-8(13)6-15-11/h5-6H,7,13H2,1-4H3,(H2,14,18)(H,15,16). The number of nitrogens with two attached hydrogens (primary N) is 2. The van der Waals surface area contributed by atoms with Crippen molar-refractivity contribution < 1.29 is 4.79 Å². The van der Waals surface area contributed by atoms with Gasteiger partial charge in [0.15, 0.2) is 0 Å². The van der Waals surface area contributed by atoms with Crippen LogP contribution >= 0.6 is 0 Å². The van der Waals surface area contributed by atoms with Crippen molar-refractivity contribution in [1.29, 1.82) is 0 Å². The lowest BCUT2D eigenvalue weighted by Gasteiger charge is -2.33. The van der Waals surface area contributed by atoms with Crippen LogP contribution in [0.2, 0.25) is 0 Å². The monoisotopic (exact) mass is 251 g/mol. The molecule has 0 aliphatic heterocycles. The van der Waals surface area contributed by atoms with E-state index in [1.807, 2.05) is 14.1 Å². The minimum absolute atomic E-state index is 0.0714. The number of hydrogen-bond donors (Lipinski definition) is 3. The lowest BCUT2D eigenvalue weighted by Crippen LogP contribution is -2.44. The normalized spacial score (nSPS) is 11.6. The highest BCUT2D eigenvalue weighted by Gasteiger charge is 2.21. The minimum Gasteiger partial charge on any atom is -0.397 e. The summed E-state index contributed by atoms with van der Waals surface area (Å²) >= 11 is 0. The molecule has 18 heavy (non-hydrogen) atoms. The molecule has 0 fully saturated rings. The number of carbonyl (C=O) groups excluding carboxylic acids is 1. The van der Waals surface area contributed by atoms with E-state index in [1.165, 1.54) is 12.3 Å². The first-order chi connectivity index (χ1) is 8.24. The summed E-state index contributed by atoms with van der Waals surface area (Å²) in [7, 11) is 3.99. The predicted octanol–water partition coefficient (Wildman–Crippen LogP) is 0.515. The van der Waals surface area contributed by atoms with E-state index in [1.54, 1.807) is 0 Å². The van der Waals surface area contributed by atoms with Crippen LogP contribution < -0.4 is 16.8 Å². The molecular weight excluding hydrogens is 230 g/mol. The van der Waals surface area contributed by atoms with Gasteiger partial charge < -0.3 is 21.7 Å². The van der Waals surface area contributed by atoms with Crippen LogP contribution in [0.15, 0.2) is 12.3 Å². The number of primary amides is 1. The number of carbonyl (C=O) groups is 1. The van der Waals surface area contributed by atoms with Crippen LogP contribution in [0.4, 0.5) is 11.5 Å². The number of likely N-dealkylation sites (N-methyl/N-ethyl adjacent to an activating group) is 1. The van der Waals surface area contributed by atoms with E-state index < -0.39 is 5.91 Å². The van der Waals surface area contributed by atoms with E-state index in [0.29, 0.717) is 23.6 Å². The van der Waals surface area contributed by atoms with Crippen LogP contribution in [0.3, 0.4) is 0 Å². The second kappa shape index (κ2) is 5.22. The Balaban J connectivity index is 2.89. The Morgan fingerprint density at radius 2 is 2.11 bits per heavy atom. The quantitative estimate of drug-likeness (QED) is 0.708. The average Bonchev–Trinajstić information content (AvgIpc) is 2.27. The first-order valence-corrected chi connectivity index (χ1v) is 5.70. The topological polar surface area (TPSA) is 97.3 Å². The second-order valence-corrected chi connectivity index (χ2v) is 5.09. The van der Waals surface area contributed by atoms with Crippen molar-refractivity contribution in [3.63, 3.8) is 0 Å². The fourth-order valence-corrected chi connectivity index (χ4v) is 1.27. The Kier molecular flexibility index (Phi) is 4.13. The van der Waals surface area contributed by atoms with E-state index in [2.05, 4.69) is 29.0 Å². The van der Waals surface area contributed by atoms with Crippen LogP contribution in [-0.4, -0.2) is 42.0 Å². The second-order valence-electron chi connectivity index (χ2n) is 5.09. The van der Waals surface area contributed by atoms with E-state index in [9.17, 15) is 4.79 Å². The van der Waals surface area contributed by atoms with Crippen molar-refractivity contribution in [2.75, 3.05) is 31.7 Å². The number of nitrogens with zero attached hydrogens (tertiary/aromatic N) is 2. The van der Waals surface area contributed by atoms with Gasteiger partial charge in [0.25, 0.3) is 5.91 Å². The summed E-state index contributed by atoms with van der Waals surface area (Å²) in [5, 5.41) is 3.13. The SMILES string of the molecule is CN(C)C(C)(C)CNc1ncc(N)cc1C(N)=O. The molecule has 0 saturated heterocycles. The molecule has 1 rings (SSSR count). The largest absolute Gasteiger partial charge is 0.397 e. The van der Waals surface area contributed by atoms with Gasteiger partial charge in [-0.2, -0.15) is 0 Å². The molecular formula is C12H21N5O. The summed E-state index contributed by atoms with van der Waals surface area (Å²) in [5.74, 6) is -0.0772. The molecule has 0 atom stereocenters. The van der Waals surface area contributed by atoms with Gasteiger partial charge in [0.1, 0.15) is 5.82 Å². The molecule has 0 radical (unpaired) electrons. The highest BCUT2D eigenvalue weighted by molar-refractivity contribution is 5.98. The Bertz CT molecular complexity index is 442. The molecule has 0 bridgehead atoms. The van der Waals surface area contributed by atoms with E-state index >= 15 is 0 Å². The zero-order valence-electron chi connectivity index (χ0n) is 11.3. The van der Waals surface area contributed by atoms with Crippen LogP contribution in [0.1, 0.15) is 24.2 Å². The Hall–Kier alpha value is -1.82. The van der Waals surface area contributed by atoms with Gasteiger partial charge in [-0.15, -0.1) is 0 Å². The van der Waals surface area contributed by atoms with Gasteiger partial charge in [-0.1, -0.05) is 0 Å². The third-order valence-corrected chi connectivity index (χ3v) is 3.07. The first kappa shape index (κ1) is 14.2. The molecule has 1 heterocycles. The summed E-state index contributed by atoms with van der Waals surface area (Å²) in [6.45, 7) is 4.81. The maximum Gasteiger partial charge on any atom is 0.252 e. The van der Waals surface area contributed by atoms with Crippen LogP contribution in [0.25, 0.3) is 0 Å². The molecule has 0 aliphatic rings. The van der Waals surface area contributed by atoms with Gasteiger partial charge in [-0.05, 0) is 34.0 Å². The lowest BCUT2D eigenvalue weighted by molar-refractivity contribution is 0.100. The molecule has 6 heteroatoms. The van der Waals surface area contributed by atoms with E-state index in [-0.39, 0.29) is 5.54 Å². The lowest BCUT2D eigenvalue weighted by atomic mass is 10.0. The minimum atomic E-state index is -0.542. The fourth-order valence-electron chi connectivity index (χ4n) is 1.27. The number of rotatable bonds is 5. The summed E-state index contributed by atoms with van der Waals surface area (Å²) in [5.41, 5.74) is 11.5. The summed E-state index contributed by atoms with van der Waals surface area (Å²) in [6, 6.07) is 1.53. The smallest absolute Gasteiger partial charge is 0.252 e. The van der Waals surface area contributed by atoms with Crippen molar-refractivity contribution in [2.24, 2.45) is 5.73 Å². The maximum atomic E-state index is 11.3. The third kappa shape index (κ3) is 3.33. The van der Waals surface area contributed by atoms with Gasteiger partial charge >= 0.3 is 0 Å². The van der Waals surface area contributed by atoms with Crippen molar-refractivity contribution in [3.05, 3.63) is 17.8 Å². The Morgan fingerprint density at radius 3 is 2.61 bits per heavy atom. The zero-order valence-corrected chi connectivity index (χ0v) is 11.3. The van der Waals surface area contributed by atoms with E-state index in [4.69, 9.17) is 11.5 Å². The molecule has 0 aromatic carbocycles. The molecule has 1 aromatic heterocycles. The molecule has 6 nitrogen and oxygen atoms in total. The molecule has 0 aliphatic carbocycles.